The Hall–Kier alpha value is -2.80. The van der Waals surface area contributed by atoms with Crippen molar-refractivity contribution in [1.29, 1.82) is 0 Å². The number of nitrogens with two attached hydrogens (primary N) is 1. The lowest BCUT2D eigenvalue weighted by molar-refractivity contribution is 0.102. The molecule has 0 aliphatic heterocycles. The minimum atomic E-state index is -0.752. The fourth-order valence-electron chi connectivity index (χ4n) is 2.55. The Morgan fingerprint density at radius 3 is 2.38 bits per heavy atom. The van der Waals surface area contributed by atoms with Crippen LogP contribution in [0.15, 0.2) is 18.7 Å². The highest BCUT2D eigenvalue weighted by atomic mass is 32.2. The van der Waals surface area contributed by atoms with E-state index in [4.69, 9.17) is 5.73 Å². The van der Waals surface area contributed by atoms with Crippen LogP contribution in [0.4, 0.5) is 5.82 Å². The summed E-state index contributed by atoms with van der Waals surface area (Å²) < 4.78 is 3.44. The molecule has 0 aromatic carbocycles. The molecular formula is C16H19N7O4S2. The number of nitrogen functional groups attached to an aromatic ring is 1. The average molecular weight is 438 g/mol. The van der Waals surface area contributed by atoms with E-state index in [2.05, 4.69) is 15.3 Å². The van der Waals surface area contributed by atoms with Gasteiger partial charge in [-0.1, -0.05) is 43.9 Å². The second-order valence-electron chi connectivity index (χ2n) is 7.34. The highest BCUT2D eigenvalue weighted by Crippen LogP contribution is 2.25. The topological polar surface area (TPSA) is 147 Å². The summed E-state index contributed by atoms with van der Waals surface area (Å²) >= 11 is 2.15. The Morgan fingerprint density at radius 1 is 1.10 bits per heavy atom. The van der Waals surface area contributed by atoms with Crippen molar-refractivity contribution in [2.24, 2.45) is 14.1 Å². The molecule has 0 atom stereocenters. The molecule has 0 aliphatic carbocycles. The number of carbonyl (C=O) groups excluding carboxylic acids is 1. The molecule has 0 saturated heterocycles. The van der Waals surface area contributed by atoms with Crippen LogP contribution in [-0.2, 0) is 19.5 Å². The Morgan fingerprint density at radius 2 is 1.76 bits per heavy atom. The second kappa shape index (κ2) is 7.22. The number of anilines is 1. The van der Waals surface area contributed by atoms with Crippen molar-refractivity contribution in [3.63, 3.8) is 0 Å². The molecule has 0 radical (unpaired) electrons. The normalized spacial score (nSPS) is 11.9. The van der Waals surface area contributed by atoms with E-state index in [1.165, 1.54) is 14.1 Å². The summed E-state index contributed by atoms with van der Waals surface area (Å²) in [5, 5.41) is 12.2. The minimum absolute atomic E-state index is 0.147. The SMILES string of the molecule is Cn1c(N)c(C(=O)CSc2nn3c(=O)c(C(C)(C)C)nnc3s2)c(=O)n(C)c1=O. The van der Waals surface area contributed by atoms with E-state index in [9.17, 15) is 19.2 Å². The van der Waals surface area contributed by atoms with Gasteiger partial charge in [0.1, 0.15) is 17.1 Å². The van der Waals surface area contributed by atoms with Crippen LogP contribution < -0.4 is 22.5 Å². The fourth-order valence-corrected chi connectivity index (χ4v) is 4.29. The maximum Gasteiger partial charge on any atom is 0.332 e. The second-order valence-corrected chi connectivity index (χ2v) is 9.52. The molecule has 0 spiro atoms. The van der Waals surface area contributed by atoms with E-state index in [1.54, 1.807) is 0 Å². The molecule has 11 nitrogen and oxygen atoms in total. The molecule has 13 heteroatoms. The molecule has 3 rings (SSSR count). The molecule has 3 aromatic rings. The zero-order valence-electron chi connectivity index (χ0n) is 16.4. The zero-order valence-corrected chi connectivity index (χ0v) is 18.1. The van der Waals surface area contributed by atoms with Gasteiger partial charge in [0, 0.05) is 19.5 Å². The summed E-state index contributed by atoms with van der Waals surface area (Å²) in [7, 11) is 2.66. The predicted molar refractivity (Wildman–Crippen MR) is 110 cm³/mol. The van der Waals surface area contributed by atoms with Crippen LogP contribution >= 0.6 is 23.1 Å². The number of ketones is 1. The maximum atomic E-state index is 12.6. The largest absolute Gasteiger partial charge is 0.384 e. The van der Waals surface area contributed by atoms with Crippen molar-refractivity contribution in [3.8, 4) is 0 Å². The lowest BCUT2D eigenvalue weighted by Gasteiger charge is -2.14. The summed E-state index contributed by atoms with van der Waals surface area (Å²) in [5.41, 5.74) is 3.61. The van der Waals surface area contributed by atoms with Gasteiger partial charge in [-0.15, -0.1) is 15.3 Å². The van der Waals surface area contributed by atoms with Gasteiger partial charge < -0.3 is 5.73 Å². The summed E-state index contributed by atoms with van der Waals surface area (Å²) in [6.07, 6.45) is 0. The number of hydrogen-bond donors (Lipinski definition) is 1. The molecular weight excluding hydrogens is 418 g/mol. The number of Topliss-reactive ketones (excluding diaryl/α,β-unsaturated/α-hetero) is 1. The first-order valence-corrected chi connectivity index (χ1v) is 10.2. The lowest BCUT2D eigenvalue weighted by atomic mass is 9.93. The van der Waals surface area contributed by atoms with Gasteiger partial charge in [0.25, 0.3) is 11.1 Å². The number of rotatable bonds is 4. The third-order valence-corrected chi connectivity index (χ3v) is 6.23. The van der Waals surface area contributed by atoms with E-state index in [0.717, 1.165) is 36.7 Å². The Kier molecular flexibility index (Phi) is 5.21. The monoisotopic (exact) mass is 437 g/mol. The van der Waals surface area contributed by atoms with E-state index >= 15 is 0 Å². The number of hydrogen-bond acceptors (Lipinski definition) is 10. The van der Waals surface area contributed by atoms with E-state index in [1.807, 2.05) is 20.8 Å². The van der Waals surface area contributed by atoms with Crippen molar-refractivity contribution < 1.29 is 4.79 Å². The van der Waals surface area contributed by atoms with Gasteiger partial charge >= 0.3 is 5.69 Å². The van der Waals surface area contributed by atoms with Gasteiger partial charge in [0.05, 0.1) is 5.75 Å². The van der Waals surface area contributed by atoms with Gasteiger partial charge in [0.2, 0.25) is 4.96 Å². The van der Waals surface area contributed by atoms with Gasteiger partial charge in [-0.25, -0.2) is 4.79 Å². The first-order valence-electron chi connectivity index (χ1n) is 8.42. The van der Waals surface area contributed by atoms with E-state index in [0.29, 0.717) is 9.30 Å². The molecule has 2 N–H and O–H groups in total. The first-order chi connectivity index (χ1) is 13.4. The average Bonchev–Trinajstić information content (AvgIpc) is 3.06. The van der Waals surface area contributed by atoms with Crippen molar-refractivity contribution in [2.75, 3.05) is 11.5 Å². The molecule has 0 fully saturated rings. The third-order valence-electron chi connectivity index (χ3n) is 4.20. The van der Waals surface area contributed by atoms with Crippen molar-refractivity contribution in [3.05, 3.63) is 42.4 Å². The number of thioether (sulfide) groups is 1. The van der Waals surface area contributed by atoms with Crippen LogP contribution in [0, 0.1) is 0 Å². The highest BCUT2D eigenvalue weighted by molar-refractivity contribution is 8.01. The third kappa shape index (κ3) is 3.62. The van der Waals surface area contributed by atoms with Gasteiger partial charge in [-0.05, 0) is 0 Å². The van der Waals surface area contributed by atoms with Crippen LogP contribution in [0.1, 0.15) is 36.8 Å². The Bertz CT molecular complexity index is 1310. The quantitative estimate of drug-likeness (QED) is 0.433. The molecule has 0 saturated carbocycles. The summed E-state index contributed by atoms with van der Waals surface area (Å²) in [6, 6.07) is 0. The standard InChI is InChI=1S/C16H19N7O4S2/c1-16(2,3)9-12(26)23-13(19-18-9)29-14(20-23)28-6-7(24)8-10(17)21(4)15(27)22(5)11(8)25/h6,17H2,1-5H3. The zero-order chi connectivity index (χ0) is 21.7. The Labute approximate surface area is 172 Å². The number of nitrogens with zero attached hydrogens (tertiary/aromatic N) is 6. The van der Waals surface area contributed by atoms with Gasteiger partial charge in [-0.2, -0.15) is 4.52 Å². The Balaban J connectivity index is 1.91. The van der Waals surface area contributed by atoms with E-state index in [-0.39, 0.29) is 28.4 Å². The fraction of sp³-hybridized carbons (Fsp3) is 0.438. The number of fused-ring (bicyclic) bond motifs is 1. The van der Waals surface area contributed by atoms with Crippen LogP contribution in [-0.4, -0.2) is 40.5 Å². The molecule has 0 unspecified atom stereocenters. The molecule has 0 aliphatic rings. The molecule has 3 heterocycles. The molecule has 29 heavy (non-hydrogen) atoms. The van der Waals surface area contributed by atoms with Crippen LogP contribution in [0.2, 0.25) is 0 Å². The smallest absolute Gasteiger partial charge is 0.332 e. The first kappa shape index (κ1) is 20.9. The van der Waals surface area contributed by atoms with Crippen LogP contribution in [0.5, 0.6) is 0 Å². The van der Waals surface area contributed by atoms with Gasteiger partial charge in [0.15, 0.2) is 10.1 Å². The van der Waals surface area contributed by atoms with E-state index < -0.39 is 22.4 Å². The molecule has 0 bridgehead atoms. The lowest BCUT2D eigenvalue weighted by Crippen LogP contribution is -2.41. The number of carbonyl (C=O) groups is 1. The number of aromatic nitrogens is 6. The minimum Gasteiger partial charge on any atom is -0.384 e. The van der Waals surface area contributed by atoms with Crippen molar-refractivity contribution in [1.82, 2.24) is 28.9 Å². The summed E-state index contributed by atoms with van der Waals surface area (Å²) in [6.45, 7) is 5.55. The molecule has 154 valence electrons. The van der Waals surface area contributed by atoms with Crippen LogP contribution in [0.3, 0.4) is 0 Å². The van der Waals surface area contributed by atoms with Crippen LogP contribution in [0.25, 0.3) is 4.96 Å². The predicted octanol–water partition coefficient (Wildman–Crippen LogP) is -0.202. The molecule has 0 amide bonds. The van der Waals surface area contributed by atoms with Gasteiger partial charge in [-0.3, -0.25) is 23.5 Å². The highest BCUT2D eigenvalue weighted by Gasteiger charge is 2.24. The van der Waals surface area contributed by atoms with Crippen molar-refractivity contribution >= 4 is 39.7 Å². The van der Waals surface area contributed by atoms with Crippen molar-refractivity contribution in [2.45, 2.75) is 30.5 Å². The summed E-state index contributed by atoms with van der Waals surface area (Å²) in [4.78, 5) is 49.6. The summed E-state index contributed by atoms with van der Waals surface area (Å²) in [5.74, 6) is -0.882. The molecule has 3 aromatic heterocycles. The maximum absolute atomic E-state index is 12.6.